The summed E-state index contributed by atoms with van der Waals surface area (Å²) in [5, 5.41) is 9.31. The smallest absolute Gasteiger partial charge is 0.401 e. The van der Waals surface area contributed by atoms with Crippen molar-refractivity contribution in [1.82, 2.24) is 4.90 Å². The first-order chi connectivity index (χ1) is 9.42. The summed E-state index contributed by atoms with van der Waals surface area (Å²) in [5.41, 5.74) is 0. The van der Waals surface area contributed by atoms with Crippen molar-refractivity contribution in [2.45, 2.75) is 19.0 Å². The number of alkyl halides is 3. The van der Waals surface area contributed by atoms with E-state index < -0.39 is 12.7 Å². The molecule has 1 fully saturated rings. The van der Waals surface area contributed by atoms with E-state index in [0.717, 1.165) is 12.8 Å². The van der Waals surface area contributed by atoms with Gasteiger partial charge in [-0.15, -0.1) is 0 Å². The highest BCUT2D eigenvalue weighted by atomic mass is 19.4. The number of hydrogen-bond donors (Lipinski definition) is 1. The number of phenolic OH excluding ortho intramolecular Hbond substituents is 1. The van der Waals surface area contributed by atoms with Crippen LogP contribution in [0.25, 0.3) is 0 Å². The Balaban J connectivity index is 1.81. The number of piperidine rings is 1. The molecule has 0 saturated carbocycles. The monoisotopic (exact) mass is 289 g/mol. The average Bonchev–Trinajstić information content (AvgIpc) is 2.35. The summed E-state index contributed by atoms with van der Waals surface area (Å²) in [4.78, 5) is 1.43. The Labute approximate surface area is 116 Å². The van der Waals surface area contributed by atoms with Crippen molar-refractivity contribution in [3.05, 3.63) is 24.3 Å². The zero-order valence-electron chi connectivity index (χ0n) is 11.1. The minimum absolute atomic E-state index is 0.0912. The first kappa shape index (κ1) is 15.0. The largest absolute Gasteiger partial charge is 0.508 e. The Morgan fingerprint density at radius 1 is 1.35 bits per heavy atom. The van der Waals surface area contributed by atoms with Crippen LogP contribution < -0.4 is 4.74 Å². The maximum absolute atomic E-state index is 12.4. The summed E-state index contributed by atoms with van der Waals surface area (Å²) < 4.78 is 42.6. The number of likely N-dealkylation sites (tertiary alicyclic amines) is 1. The molecule has 1 saturated heterocycles. The van der Waals surface area contributed by atoms with Crippen LogP contribution >= 0.6 is 0 Å². The van der Waals surface area contributed by atoms with Crippen LogP contribution in [0.3, 0.4) is 0 Å². The summed E-state index contributed by atoms with van der Waals surface area (Å²) in [6, 6.07) is 6.42. The van der Waals surface area contributed by atoms with Gasteiger partial charge in [0.15, 0.2) is 0 Å². The molecule has 2 rings (SSSR count). The average molecular weight is 289 g/mol. The molecule has 112 valence electrons. The number of benzene rings is 1. The molecule has 1 heterocycles. The summed E-state index contributed by atoms with van der Waals surface area (Å²) >= 11 is 0. The number of hydrogen-bond acceptors (Lipinski definition) is 3. The Morgan fingerprint density at radius 3 is 2.85 bits per heavy atom. The summed E-state index contributed by atoms with van der Waals surface area (Å²) in [6.45, 7) is 0.411. The number of nitrogens with zero attached hydrogens (tertiary/aromatic N) is 1. The minimum atomic E-state index is -4.14. The van der Waals surface area contributed by atoms with Crippen LogP contribution in [0.5, 0.6) is 11.5 Å². The normalized spacial score (nSPS) is 20.9. The van der Waals surface area contributed by atoms with Gasteiger partial charge in [0.2, 0.25) is 0 Å². The van der Waals surface area contributed by atoms with Gasteiger partial charge < -0.3 is 9.84 Å². The number of phenols is 1. The third kappa shape index (κ3) is 4.92. The van der Waals surface area contributed by atoms with Gasteiger partial charge in [0.25, 0.3) is 0 Å². The molecule has 0 spiro atoms. The fourth-order valence-corrected chi connectivity index (χ4v) is 2.47. The lowest BCUT2D eigenvalue weighted by atomic mass is 9.99. The van der Waals surface area contributed by atoms with Gasteiger partial charge in [0, 0.05) is 18.5 Å². The predicted octanol–water partition coefficient (Wildman–Crippen LogP) is 3.05. The molecule has 1 aromatic carbocycles. The molecular formula is C14H18F3NO2. The zero-order chi connectivity index (χ0) is 14.6. The van der Waals surface area contributed by atoms with E-state index in [4.69, 9.17) is 4.74 Å². The Hall–Kier alpha value is -1.43. The van der Waals surface area contributed by atoms with Crippen molar-refractivity contribution in [3.8, 4) is 11.5 Å². The second-order valence-electron chi connectivity index (χ2n) is 5.17. The maximum atomic E-state index is 12.4. The highest BCUT2D eigenvalue weighted by Crippen LogP contribution is 2.24. The molecule has 20 heavy (non-hydrogen) atoms. The van der Waals surface area contributed by atoms with Gasteiger partial charge in [-0.1, -0.05) is 6.07 Å². The van der Waals surface area contributed by atoms with Crippen LogP contribution in [0.4, 0.5) is 13.2 Å². The fourth-order valence-electron chi connectivity index (χ4n) is 2.47. The number of halogens is 3. The van der Waals surface area contributed by atoms with Gasteiger partial charge in [-0.2, -0.15) is 13.2 Å². The summed E-state index contributed by atoms with van der Waals surface area (Å²) in [5.74, 6) is 0.747. The first-order valence-corrected chi connectivity index (χ1v) is 6.63. The highest BCUT2D eigenvalue weighted by Gasteiger charge is 2.33. The van der Waals surface area contributed by atoms with E-state index in [2.05, 4.69) is 0 Å². The Kier molecular flexibility index (Phi) is 4.75. The molecule has 0 bridgehead atoms. The number of rotatable bonds is 4. The molecule has 1 aliphatic heterocycles. The van der Waals surface area contributed by atoms with Gasteiger partial charge in [-0.25, -0.2) is 0 Å². The molecule has 0 radical (unpaired) electrons. The molecule has 0 aliphatic carbocycles. The van der Waals surface area contributed by atoms with Crippen LogP contribution in [0.1, 0.15) is 12.8 Å². The van der Waals surface area contributed by atoms with E-state index in [0.29, 0.717) is 25.4 Å². The van der Waals surface area contributed by atoms with E-state index in [-0.39, 0.29) is 11.7 Å². The second-order valence-corrected chi connectivity index (χ2v) is 5.17. The Bertz CT molecular complexity index is 437. The third-order valence-electron chi connectivity index (χ3n) is 3.31. The second kappa shape index (κ2) is 6.35. The highest BCUT2D eigenvalue weighted by molar-refractivity contribution is 5.31. The van der Waals surface area contributed by atoms with Crippen molar-refractivity contribution in [2.75, 3.05) is 26.2 Å². The van der Waals surface area contributed by atoms with Crippen molar-refractivity contribution < 1.29 is 23.0 Å². The zero-order valence-corrected chi connectivity index (χ0v) is 11.1. The van der Waals surface area contributed by atoms with Gasteiger partial charge in [-0.3, -0.25) is 4.90 Å². The molecule has 0 amide bonds. The molecule has 6 heteroatoms. The van der Waals surface area contributed by atoms with Crippen molar-refractivity contribution in [2.24, 2.45) is 5.92 Å². The lowest BCUT2D eigenvalue weighted by Gasteiger charge is -2.32. The SMILES string of the molecule is Oc1cccc(OC[C@@H]2CCCN(CC(F)(F)F)C2)c1. The van der Waals surface area contributed by atoms with E-state index in [1.807, 2.05) is 0 Å². The standard InChI is InChI=1S/C14H18F3NO2/c15-14(16,17)10-18-6-2-3-11(8-18)9-20-13-5-1-4-12(19)7-13/h1,4-5,7,11,19H,2-3,6,8-10H2/t11-/m1/s1. The van der Waals surface area contributed by atoms with E-state index in [1.165, 1.54) is 11.0 Å². The van der Waals surface area contributed by atoms with Crippen molar-refractivity contribution in [1.29, 1.82) is 0 Å². The van der Waals surface area contributed by atoms with Crippen molar-refractivity contribution >= 4 is 0 Å². The number of ether oxygens (including phenoxy) is 1. The van der Waals surface area contributed by atoms with Gasteiger partial charge in [0.05, 0.1) is 13.2 Å². The molecule has 0 unspecified atom stereocenters. The Morgan fingerprint density at radius 2 is 2.15 bits per heavy atom. The van der Waals surface area contributed by atoms with Crippen LogP contribution in [-0.2, 0) is 0 Å². The minimum Gasteiger partial charge on any atom is -0.508 e. The van der Waals surface area contributed by atoms with Gasteiger partial charge in [-0.05, 0) is 31.5 Å². The first-order valence-electron chi connectivity index (χ1n) is 6.63. The fraction of sp³-hybridized carbons (Fsp3) is 0.571. The van der Waals surface area contributed by atoms with Crippen LogP contribution in [0.15, 0.2) is 24.3 Å². The summed E-state index contributed by atoms with van der Waals surface area (Å²) in [7, 11) is 0. The van der Waals surface area contributed by atoms with Gasteiger partial charge in [0.1, 0.15) is 11.5 Å². The maximum Gasteiger partial charge on any atom is 0.401 e. The van der Waals surface area contributed by atoms with Crippen LogP contribution in [0.2, 0.25) is 0 Å². The third-order valence-corrected chi connectivity index (χ3v) is 3.31. The van der Waals surface area contributed by atoms with E-state index in [1.54, 1.807) is 18.2 Å². The topological polar surface area (TPSA) is 32.7 Å². The van der Waals surface area contributed by atoms with Crippen molar-refractivity contribution in [3.63, 3.8) is 0 Å². The molecule has 3 nitrogen and oxygen atoms in total. The quantitative estimate of drug-likeness (QED) is 0.924. The van der Waals surface area contributed by atoms with E-state index in [9.17, 15) is 18.3 Å². The van der Waals surface area contributed by atoms with Gasteiger partial charge >= 0.3 is 6.18 Å². The number of aromatic hydroxyl groups is 1. The van der Waals surface area contributed by atoms with Crippen LogP contribution in [-0.4, -0.2) is 42.4 Å². The molecule has 1 atom stereocenters. The molecule has 1 N–H and O–H groups in total. The lowest BCUT2D eigenvalue weighted by Crippen LogP contribution is -2.42. The molecular weight excluding hydrogens is 271 g/mol. The van der Waals surface area contributed by atoms with E-state index >= 15 is 0 Å². The lowest BCUT2D eigenvalue weighted by molar-refractivity contribution is -0.149. The molecule has 0 aromatic heterocycles. The molecule has 1 aliphatic rings. The summed E-state index contributed by atoms with van der Waals surface area (Å²) in [6.07, 6.45) is -2.52. The predicted molar refractivity (Wildman–Crippen MR) is 68.8 cm³/mol. The van der Waals surface area contributed by atoms with Crippen LogP contribution in [0, 0.1) is 5.92 Å². The molecule has 1 aromatic rings.